The molecule has 0 unspecified atom stereocenters. The third kappa shape index (κ3) is 2.87. The Hall–Kier alpha value is -2.59. The summed E-state index contributed by atoms with van der Waals surface area (Å²) >= 11 is 4.09. The number of nitriles is 1. The Morgan fingerprint density at radius 1 is 1.25 bits per heavy atom. The standard InChI is InChI=1S/C13H7FN2O3S/c14-9-1-3-11(8(5-9)7-15)19-12-4-2-10(16(17)18)6-13(12)20/h1-6,20H. The molecule has 2 rings (SSSR count). The van der Waals surface area contributed by atoms with Gasteiger partial charge in [-0.05, 0) is 24.3 Å². The highest BCUT2D eigenvalue weighted by molar-refractivity contribution is 7.80. The summed E-state index contributed by atoms with van der Waals surface area (Å²) in [7, 11) is 0. The second-order valence-electron chi connectivity index (χ2n) is 3.76. The number of hydrogen-bond acceptors (Lipinski definition) is 5. The molecular formula is C13H7FN2O3S. The van der Waals surface area contributed by atoms with Gasteiger partial charge in [0.05, 0.1) is 15.4 Å². The van der Waals surface area contributed by atoms with Crippen LogP contribution >= 0.6 is 12.6 Å². The highest BCUT2D eigenvalue weighted by Gasteiger charge is 2.12. The summed E-state index contributed by atoms with van der Waals surface area (Å²) in [5.74, 6) is -0.163. The van der Waals surface area contributed by atoms with Crippen LogP contribution < -0.4 is 4.74 Å². The van der Waals surface area contributed by atoms with Crippen LogP contribution in [0.3, 0.4) is 0 Å². The Labute approximate surface area is 118 Å². The fourth-order valence-corrected chi connectivity index (χ4v) is 1.76. The van der Waals surface area contributed by atoms with Crippen LogP contribution in [0.25, 0.3) is 0 Å². The molecule has 5 nitrogen and oxygen atoms in total. The van der Waals surface area contributed by atoms with Gasteiger partial charge < -0.3 is 4.74 Å². The molecule has 0 spiro atoms. The first kappa shape index (κ1) is 13.8. The number of non-ortho nitro benzene ring substituents is 1. The Balaban J connectivity index is 2.36. The average molecular weight is 290 g/mol. The Morgan fingerprint density at radius 3 is 2.55 bits per heavy atom. The molecule has 100 valence electrons. The molecule has 0 fully saturated rings. The summed E-state index contributed by atoms with van der Waals surface area (Å²) in [6.45, 7) is 0. The predicted octanol–water partition coefficient (Wildman–Crippen LogP) is 3.69. The van der Waals surface area contributed by atoms with Gasteiger partial charge in [-0.15, -0.1) is 12.6 Å². The molecule has 0 heterocycles. The average Bonchev–Trinajstić information content (AvgIpc) is 2.42. The van der Waals surface area contributed by atoms with E-state index in [2.05, 4.69) is 12.6 Å². The first-order valence-corrected chi connectivity index (χ1v) is 5.81. The minimum Gasteiger partial charge on any atom is -0.455 e. The number of halogens is 1. The van der Waals surface area contributed by atoms with Crippen molar-refractivity contribution in [2.75, 3.05) is 0 Å². The number of nitro benzene ring substituents is 1. The smallest absolute Gasteiger partial charge is 0.270 e. The summed E-state index contributed by atoms with van der Waals surface area (Å²) < 4.78 is 18.4. The predicted molar refractivity (Wildman–Crippen MR) is 71.5 cm³/mol. The van der Waals surface area contributed by atoms with Gasteiger partial charge in [-0.3, -0.25) is 10.1 Å². The first-order valence-electron chi connectivity index (χ1n) is 5.36. The van der Waals surface area contributed by atoms with Gasteiger partial charge in [-0.1, -0.05) is 0 Å². The normalized spacial score (nSPS) is 9.85. The molecular weight excluding hydrogens is 283 g/mol. The lowest BCUT2D eigenvalue weighted by atomic mass is 10.2. The van der Waals surface area contributed by atoms with Crippen LogP contribution in [0.15, 0.2) is 41.3 Å². The van der Waals surface area contributed by atoms with Crippen molar-refractivity contribution in [2.24, 2.45) is 0 Å². The molecule has 0 saturated carbocycles. The van der Waals surface area contributed by atoms with Crippen LogP contribution in [0.1, 0.15) is 5.56 Å². The first-order chi connectivity index (χ1) is 9.51. The summed E-state index contributed by atoms with van der Waals surface area (Å²) in [5, 5.41) is 19.5. The van der Waals surface area contributed by atoms with E-state index < -0.39 is 10.7 Å². The molecule has 0 aromatic heterocycles. The van der Waals surface area contributed by atoms with Crippen molar-refractivity contribution in [2.45, 2.75) is 4.90 Å². The molecule has 0 radical (unpaired) electrons. The van der Waals surface area contributed by atoms with Crippen LogP contribution in [-0.4, -0.2) is 4.92 Å². The minimum atomic E-state index is -0.553. The third-order valence-corrected chi connectivity index (χ3v) is 2.78. The van der Waals surface area contributed by atoms with E-state index in [4.69, 9.17) is 10.00 Å². The fraction of sp³-hybridized carbons (Fsp3) is 0. The molecule has 2 aromatic rings. The van der Waals surface area contributed by atoms with E-state index >= 15 is 0 Å². The third-order valence-electron chi connectivity index (χ3n) is 2.44. The zero-order valence-electron chi connectivity index (χ0n) is 9.91. The van der Waals surface area contributed by atoms with Gasteiger partial charge in [0.2, 0.25) is 0 Å². The highest BCUT2D eigenvalue weighted by Crippen LogP contribution is 2.32. The maximum Gasteiger partial charge on any atom is 0.270 e. The van der Waals surface area contributed by atoms with Gasteiger partial charge in [0.1, 0.15) is 23.4 Å². The number of hydrogen-bond donors (Lipinski definition) is 1. The van der Waals surface area contributed by atoms with Crippen molar-refractivity contribution in [3.8, 4) is 17.6 Å². The molecule has 20 heavy (non-hydrogen) atoms. The Bertz CT molecular complexity index is 728. The van der Waals surface area contributed by atoms with Crippen LogP contribution in [0.5, 0.6) is 11.5 Å². The highest BCUT2D eigenvalue weighted by atomic mass is 32.1. The number of nitro groups is 1. The molecule has 0 aliphatic heterocycles. The van der Waals surface area contributed by atoms with E-state index in [0.717, 1.165) is 12.1 Å². The zero-order valence-corrected chi connectivity index (χ0v) is 10.8. The molecule has 0 saturated heterocycles. The lowest BCUT2D eigenvalue weighted by Crippen LogP contribution is -1.92. The summed E-state index contributed by atoms with van der Waals surface area (Å²) in [6.07, 6.45) is 0. The van der Waals surface area contributed by atoms with Crippen LogP contribution in [0.4, 0.5) is 10.1 Å². The van der Waals surface area contributed by atoms with Crippen molar-refractivity contribution in [3.05, 3.63) is 57.9 Å². The number of rotatable bonds is 3. The van der Waals surface area contributed by atoms with Crippen molar-refractivity contribution in [1.82, 2.24) is 0 Å². The van der Waals surface area contributed by atoms with E-state index in [9.17, 15) is 14.5 Å². The van der Waals surface area contributed by atoms with Crippen molar-refractivity contribution < 1.29 is 14.1 Å². The lowest BCUT2D eigenvalue weighted by molar-refractivity contribution is -0.385. The minimum absolute atomic E-state index is 0.0242. The zero-order chi connectivity index (χ0) is 14.7. The molecule has 0 N–H and O–H groups in total. The number of ether oxygens (including phenoxy) is 1. The summed E-state index contributed by atoms with van der Waals surface area (Å²) in [4.78, 5) is 10.3. The molecule has 0 atom stereocenters. The van der Waals surface area contributed by atoms with E-state index in [1.54, 1.807) is 0 Å². The second-order valence-corrected chi connectivity index (χ2v) is 4.25. The molecule has 0 aliphatic rings. The van der Waals surface area contributed by atoms with E-state index in [-0.39, 0.29) is 27.6 Å². The quantitative estimate of drug-likeness (QED) is 0.531. The van der Waals surface area contributed by atoms with Crippen molar-refractivity contribution >= 4 is 18.3 Å². The molecule has 7 heteroatoms. The summed E-state index contributed by atoms with van der Waals surface area (Å²) in [5.41, 5.74) is -0.0990. The second kappa shape index (κ2) is 5.59. The van der Waals surface area contributed by atoms with Gasteiger partial charge in [0, 0.05) is 12.1 Å². The lowest BCUT2D eigenvalue weighted by Gasteiger charge is -2.09. The van der Waals surface area contributed by atoms with E-state index in [0.29, 0.717) is 0 Å². The van der Waals surface area contributed by atoms with Crippen molar-refractivity contribution in [1.29, 1.82) is 5.26 Å². The molecule has 0 amide bonds. The number of nitrogens with zero attached hydrogens (tertiary/aromatic N) is 2. The van der Waals surface area contributed by atoms with Gasteiger partial charge in [0.15, 0.2) is 0 Å². The number of benzene rings is 2. The number of thiol groups is 1. The maximum absolute atomic E-state index is 13.0. The van der Waals surface area contributed by atoms with Crippen LogP contribution in [0, 0.1) is 27.3 Å². The van der Waals surface area contributed by atoms with Gasteiger partial charge in [-0.2, -0.15) is 5.26 Å². The fourth-order valence-electron chi connectivity index (χ4n) is 1.50. The maximum atomic E-state index is 13.0. The van der Waals surface area contributed by atoms with Gasteiger partial charge >= 0.3 is 0 Å². The molecule has 0 bridgehead atoms. The van der Waals surface area contributed by atoms with Crippen molar-refractivity contribution in [3.63, 3.8) is 0 Å². The topological polar surface area (TPSA) is 76.2 Å². The SMILES string of the molecule is N#Cc1cc(F)ccc1Oc1ccc([N+](=O)[O-])cc1S. The van der Waals surface area contributed by atoms with E-state index in [1.807, 2.05) is 6.07 Å². The van der Waals surface area contributed by atoms with Gasteiger partial charge in [0.25, 0.3) is 5.69 Å². The Morgan fingerprint density at radius 2 is 1.95 bits per heavy atom. The molecule has 0 aliphatic carbocycles. The molecule has 2 aromatic carbocycles. The monoisotopic (exact) mass is 290 g/mol. The summed E-state index contributed by atoms with van der Waals surface area (Å²) in [6, 6.07) is 9.16. The van der Waals surface area contributed by atoms with E-state index in [1.165, 1.54) is 24.3 Å². The van der Waals surface area contributed by atoms with Crippen LogP contribution in [0.2, 0.25) is 0 Å². The Kier molecular flexibility index (Phi) is 3.86. The van der Waals surface area contributed by atoms with Gasteiger partial charge in [-0.25, -0.2) is 4.39 Å². The largest absolute Gasteiger partial charge is 0.455 e. The van der Waals surface area contributed by atoms with Crippen LogP contribution in [-0.2, 0) is 0 Å².